The van der Waals surface area contributed by atoms with Gasteiger partial charge in [0.2, 0.25) is 0 Å². The summed E-state index contributed by atoms with van der Waals surface area (Å²) in [4.78, 5) is 11.8. The minimum absolute atomic E-state index is 0.418. The summed E-state index contributed by atoms with van der Waals surface area (Å²) < 4.78 is 33.6. The molecule has 0 saturated heterocycles. The van der Waals surface area contributed by atoms with Crippen molar-refractivity contribution in [2.45, 2.75) is 25.2 Å². The van der Waals surface area contributed by atoms with Crippen LogP contribution in [0.25, 0.3) is 0 Å². The monoisotopic (exact) mass is 388 g/mol. The molecule has 1 aliphatic heterocycles. The van der Waals surface area contributed by atoms with Crippen molar-refractivity contribution in [2.75, 3.05) is 28.4 Å². The van der Waals surface area contributed by atoms with Gasteiger partial charge in [-0.15, -0.1) is 0 Å². The highest BCUT2D eigenvalue weighted by atomic mass is 16.6. The third-order valence-corrected chi connectivity index (χ3v) is 4.67. The Balaban J connectivity index is 2.10. The zero-order valence-electron chi connectivity index (χ0n) is 16.6. The van der Waals surface area contributed by atoms with Crippen molar-refractivity contribution in [3.05, 3.63) is 47.5 Å². The van der Waals surface area contributed by atoms with E-state index in [1.165, 1.54) is 6.92 Å². The molecule has 0 unspecified atom stereocenters. The van der Waals surface area contributed by atoms with Gasteiger partial charge in [-0.1, -0.05) is 6.07 Å². The van der Waals surface area contributed by atoms with Crippen LogP contribution >= 0.6 is 0 Å². The van der Waals surface area contributed by atoms with Crippen molar-refractivity contribution in [3.63, 3.8) is 0 Å². The second-order valence-corrected chi connectivity index (χ2v) is 6.29. The van der Waals surface area contributed by atoms with Crippen LogP contribution in [0.15, 0.2) is 36.4 Å². The van der Waals surface area contributed by atoms with Crippen LogP contribution in [0.5, 0.6) is 23.0 Å². The number of rotatable bonds is 6. The van der Waals surface area contributed by atoms with E-state index < -0.39 is 24.3 Å². The number of methoxy groups -OCH3 is 4. The predicted octanol–water partition coefficient (Wildman–Crippen LogP) is 3.47. The van der Waals surface area contributed by atoms with Crippen LogP contribution in [-0.2, 0) is 14.3 Å². The molecule has 2 aromatic carbocycles. The van der Waals surface area contributed by atoms with Crippen molar-refractivity contribution in [3.8, 4) is 23.0 Å². The topological polar surface area (TPSA) is 72.5 Å². The van der Waals surface area contributed by atoms with E-state index in [2.05, 4.69) is 0 Å². The van der Waals surface area contributed by atoms with Gasteiger partial charge in [0.25, 0.3) is 0 Å². The number of benzene rings is 2. The fourth-order valence-electron chi connectivity index (χ4n) is 3.38. The number of carbonyl (C=O) groups excluding carboxylic acids is 1. The average molecular weight is 388 g/mol. The van der Waals surface area contributed by atoms with Gasteiger partial charge < -0.3 is 28.4 Å². The van der Waals surface area contributed by atoms with Crippen molar-refractivity contribution < 1.29 is 33.2 Å². The number of hydrogen-bond acceptors (Lipinski definition) is 7. The maximum Gasteiger partial charge on any atom is 0.303 e. The molecule has 0 fully saturated rings. The molecule has 0 aliphatic carbocycles. The third kappa shape index (κ3) is 3.71. The van der Waals surface area contributed by atoms with Gasteiger partial charge in [-0.3, -0.25) is 4.79 Å². The number of fused-ring (bicyclic) bond motifs is 1. The van der Waals surface area contributed by atoms with E-state index >= 15 is 0 Å². The number of ether oxygens (including phenoxy) is 6. The normalized spacial score (nSPS) is 20.5. The lowest BCUT2D eigenvalue weighted by Crippen LogP contribution is -2.38. The molecule has 0 N–H and O–H groups in total. The molecule has 0 saturated carbocycles. The Labute approximate surface area is 164 Å². The quantitative estimate of drug-likeness (QED) is 0.702. The van der Waals surface area contributed by atoms with Crippen LogP contribution in [0.4, 0.5) is 0 Å². The smallest absolute Gasteiger partial charge is 0.303 e. The summed E-state index contributed by atoms with van der Waals surface area (Å²) in [6.07, 6.45) is -1.79. The van der Waals surface area contributed by atoms with E-state index in [0.717, 1.165) is 11.1 Å². The summed E-state index contributed by atoms with van der Waals surface area (Å²) in [5.74, 6) is 1.99. The van der Waals surface area contributed by atoms with E-state index in [-0.39, 0.29) is 0 Å². The third-order valence-electron chi connectivity index (χ3n) is 4.67. The average Bonchev–Trinajstić information content (AvgIpc) is 2.71. The number of hydrogen-bond donors (Lipinski definition) is 0. The van der Waals surface area contributed by atoms with Crippen LogP contribution in [-0.4, -0.2) is 40.5 Å². The fourth-order valence-corrected chi connectivity index (χ4v) is 3.38. The molecule has 0 aromatic heterocycles. The molecular formula is C21H24O7. The van der Waals surface area contributed by atoms with Crippen molar-refractivity contribution >= 4 is 5.97 Å². The molecule has 3 rings (SSSR count). The summed E-state index contributed by atoms with van der Waals surface area (Å²) in [6, 6.07) is 10.9. The molecule has 1 heterocycles. The molecule has 150 valence electrons. The van der Waals surface area contributed by atoms with E-state index in [1.54, 1.807) is 46.6 Å². The van der Waals surface area contributed by atoms with Gasteiger partial charge >= 0.3 is 5.97 Å². The Morgan fingerprint density at radius 1 is 0.929 bits per heavy atom. The van der Waals surface area contributed by atoms with Crippen molar-refractivity contribution in [1.82, 2.24) is 0 Å². The van der Waals surface area contributed by atoms with Gasteiger partial charge in [-0.2, -0.15) is 0 Å². The van der Waals surface area contributed by atoms with Crippen LogP contribution in [0.2, 0.25) is 0 Å². The highest BCUT2D eigenvalue weighted by molar-refractivity contribution is 5.66. The van der Waals surface area contributed by atoms with Gasteiger partial charge in [-0.25, -0.2) is 0 Å². The van der Waals surface area contributed by atoms with Crippen molar-refractivity contribution in [1.29, 1.82) is 0 Å². The maximum atomic E-state index is 11.8. The highest BCUT2D eigenvalue weighted by Gasteiger charge is 2.42. The van der Waals surface area contributed by atoms with Gasteiger partial charge in [0.15, 0.2) is 23.7 Å². The minimum Gasteiger partial charge on any atom is -0.497 e. The minimum atomic E-state index is -0.679. The molecule has 0 spiro atoms. The van der Waals surface area contributed by atoms with E-state index in [4.69, 9.17) is 28.4 Å². The summed E-state index contributed by atoms with van der Waals surface area (Å²) in [5.41, 5.74) is 1.55. The Bertz CT molecular complexity index is 849. The molecule has 3 atom stereocenters. The molecule has 7 nitrogen and oxygen atoms in total. The molecule has 0 bridgehead atoms. The second kappa shape index (κ2) is 8.39. The SMILES string of the molecule is COc1ccc2c(c1)O[C@H](c1ccc(OC)c(OC)c1)[C@@H](OC(C)=O)[C@@H]2OC. The standard InChI is InChI=1S/C21H24O7/c1-12(22)27-21-19(13-6-9-16(24-3)18(10-13)25-4)28-17-11-14(23-2)7-8-15(17)20(21)26-5/h6-11,19-21H,1-5H3/t19-,20-,21-/m1/s1. The molecule has 0 radical (unpaired) electrons. The lowest BCUT2D eigenvalue weighted by molar-refractivity contribution is -0.167. The molecule has 1 aliphatic rings. The first-order valence-corrected chi connectivity index (χ1v) is 8.78. The Morgan fingerprint density at radius 3 is 2.29 bits per heavy atom. The Kier molecular flexibility index (Phi) is 5.94. The summed E-state index contributed by atoms with van der Waals surface area (Å²) in [7, 11) is 6.29. The largest absolute Gasteiger partial charge is 0.497 e. The Hall–Kier alpha value is -2.93. The summed E-state index contributed by atoms with van der Waals surface area (Å²) in [6.45, 7) is 1.36. The molecule has 0 amide bonds. The highest BCUT2D eigenvalue weighted by Crippen LogP contribution is 2.46. The summed E-state index contributed by atoms with van der Waals surface area (Å²) in [5, 5.41) is 0. The number of esters is 1. The molecule has 7 heteroatoms. The molecular weight excluding hydrogens is 364 g/mol. The lowest BCUT2D eigenvalue weighted by atomic mass is 9.91. The van der Waals surface area contributed by atoms with Crippen LogP contribution < -0.4 is 18.9 Å². The van der Waals surface area contributed by atoms with E-state index in [9.17, 15) is 4.79 Å². The van der Waals surface area contributed by atoms with Crippen LogP contribution in [0.1, 0.15) is 30.3 Å². The van der Waals surface area contributed by atoms with Crippen molar-refractivity contribution in [2.24, 2.45) is 0 Å². The Morgan fingerprint density at radius 2 is 1.68 bits per heavy atom. The van der Waals surface area contributed by atoms with Crippen LogP contribution in [0.3, 0.4) is 0 Å². The molecule has 28 heavy (non-hydrogen) atoms. The second-order valence-electron chi connectivity index (χ2n) is 6.29. The number of carbonyl (C=O) groups is 1. The predicted molar refractivity (Wildman–Crippen MR) is 101 cm³/mol. The first-order chi connectivity index (χ1) is 13.5. The molecule has 2 aromatic rings. The lowest BCUT2D eigenvalue weighted by Gasteiger charge is -2.38. The van der Waals surface area contributed by atoms with Gasteiger partial charge in [0.1, 0.15) is 17.6 Å². The first kappa shape index (κ1) is 19.8. The van der Waals surface area contributed by atoms with Gasteiger partial charge in [0, 0.05) is 31.2 Å². The fraction of sp³-hybridized carbons (Fsp3) is 0.381. The summed E-state index contributed by atoms with van der Waals surface area (Å²) >= 11 is 0. The zero-order valence-corrected chi connectivity index (χ0v) is 16.6. The first-order valence-electron chi connectivity index (χ1n) is 8.78. The van der Waals surface area contributed by atoms with Gasteiger partial charge in [0.05, 0.1) is 21.3 Å². The van der Waals surface area contributed by atoms with E-state index in [1.807, 2.05) is 18.2 Å². The van der Waals surface area contributed by atoms with Gasteiger partial charge in [-0.05, 0) is 24.3 Å². The van der Waals surface area contributed by atoms with E-state index in [0.29, 0.717) is 23.0 Å². The van der Waals surface area contributed by atoms with Crippen LogP contribution in [0, 0.1) is 0 Å². The zero-order chi connectivity index (χ0) is 20.3. The maximum absolute atomic E-state index is 11.8.